The summed E-state index contributed by atoms with van der Waals surface area (Å²) in [5.74, 6) is 0. The molecule has 0 radical (unpaired) electrons. The molecule has 2 saturated carbocycles. The van der Waals surface area contributed by atoms with Gasteiger partial charge in [0.05, 0.1) is 0 Å². The molecule has 0 bridgehead atoms. The Hall–Kier alpha value is -0.550. The summed E-state index contributed by atoms with van der Waals surface area (Å²) in [6.07, 6.45) is 12.6. The topological polar surface area (TPSA) is 17.1 Å². The van der Waals surface area contributed by atoms with Crippen LogP contribution in [0.4, 0.5) is 0 Å². The van der Waals surface area contributed by atoms with E-state index in [1.165, 1.54) is 80.6 Å². The van der Waals surface area contributed by atoms with Crippen molar-refractivity contribution in [2.24, 2.45) is 0 Å². The first kappa shape index (κ1) is 16.3. The van der Waals surface area contributed by atoms with Gasteiger partial charge in [-0.2, -0.15) is 0 Å². The fraction of sp³-hybridized carbons (Fsp3) is 0.700. The summed E-state index contributed by atoms with van der Waals surface area (Å²) >= 11 is 0. The first-order valence-electron chi connectivity index (χ1n) is 9.29. The summed E-state index contributed by atoms with van der Waals surface area (Å²) in [4.78, 5) is 0. The molecular weight excluding hydrogens is 287 g/mol. The number of hydrogen-bond donors (Lipinski definition) is 0. The predicted octanol–water partition coefficient (Wildman–Crippen LogP) is 5.96. The highest BCUT2D eigenvalue weighted by Gasteiger charge is 2.42. The van der Waals surface area contributed by atoms with Crippen LogP contribution >= 0.6 is 7.14 Å². The average molecular weight is 318 g/mol. The SMILES string of the molecule is Cc1cc(C)cc(P(=O)(C2CCCCC2)C2CCCCC2)c1. The van der Waals surface area contributed by atoms with Crippen molar-refractivity contribution in [2.75, 3.05) is 0 Å². The fourth-order valence-electron chi connectivity index (χ4n) is 4.80. The van der Waals surface area contributed by atoms with E-state index in [1.54, 1.807) is 0 Å². The molecule has 0 unspecified atom stereocenters. The smallest absolute Gasteiger partial charge is 0.121 e. The summed E-state index contributed by atoms with van der Waals surface area (Å²) in [5.41, 5.74) is 3.49. The van der Waals surface area contributed by atoms with Gasteiger partial charge >= 0.3 is 0 Å². The summed E-state index contributed by atoms with van der Waals surface area (Å²) in [6, 6.07) is 6.71. The molecule has 0 saturated heterocycles. The van der Waals surface area contributed by atoms with Crippen molar-refractivity contribution in [3.8, 4) is 0 Å². The molecule has 2 heteroatoms. The van der Waals surface area contributed by atoms with E-state index in [0.717, 1.165) is 0 Å². The van der Waals surface area contributed by atoms with Crippen LogP contribution in [-0.2, 0) is 4.57 Å². The number of benzene rings is 1. The minimum absolute atomic E-state index is 0.463. The minimum Gasteiger partial charge on any atom is -0.318 e. The molecule has 2 fully saturated rings. The van der Waals surface area contributed by atoms with Crippen LogP contribution in [0.15, 0.2) is 18.2 Å². The van der Waals surface area contributed by atoms with Crippen LogP contribution in [0.5, 0.6) is 0 Å². The van der Waals surface area contributed by atoms with Gasteiger partial charge in [0.25, 0.3) is 0 Å². The number of hydrogen-bond acceptors (Lipinski definition) is 1. The molecule has 22 heavy (non-hydrogen) atoms. The zero-order valence-corrected chi connectivity index (χ0v) is 15.2. The zero-order valence-electron chi connectivity index (χ0n) is 14.3. The van der Waals surface area contributed by atoms with Crippen LogP contribution in [0.2, 0.25) is 0 Å². The Morgan fingerprint density at radius 2 is 1.14 bits per heavy atom. The minimum atomic E-state index is -2.28. The molecule has 2 aliphatic rings. The lowest BCUT2D eigenvalue weighted by Gasteiger charge is -2.38. The van der Waals surface area contributed by atoms with Gasteiger partial charge in [-0.25, -0.2) is 0 Å². The maximum absolute atomic E-state index is 14.4. The first-order chi connectivity index (χ1) is 10.6. The summed E-state index contributed by atoms with van der Waals surface area (Å²) in [6.45, 7) is 4.31. The van der Waals surface area contributed by atoms with E-state index in [0.29, 0.717) is 11.3 Å². The lowest BCUT2D eigenvalue weighted by molar-refractivity contribution is 0.452. The van der Waals surface area contributed by atoms with Gasteiger partial charge < -0.3 is 4.57 Å². The maximum atomic E-state index is 14.4. The number of aryl methyl sites for hydroxylation is 2. The second-order valence-electron chi connectivity index (χ2n) is 7.64. The Labute approximate surface area is 136 Å². The standard InChI is InChI=1S/C20H31OP/c1-16-13-17(2)15-20(14-16)22(21,18-9-5-3-6-10-18)19-11-7-4-8-12-19/h13-15,18-19H,3-12H2,1-2H3. The van der Waals surface area contributed by atoms with E-state index < -0.39 is 7.14 Å². The monoisotopic (exact) mass is 318 g/mol. The molecule has 1 aromatic rings. The highest BCUT2D eigenvalue weighted by Crippen LogP contribution is 2.61. The molecule has 3 rings (SSSR count). The highest BCUT2D eigenvalue weighted by atomic mass is 31.2. The molecule has 122 valence electrons. The van der Waals surface area contributed by atoms with E-state index in [4.69, 9.17) is 0 Å². The molecule has 0 N–H and O–H groups in total. The van der Waals surface area contributed by atoms with Gasteiger partial charge in [-0.1, -0.05) is 55.7 Å². The van der Waals surface area contributed by atoms with Crippen molar-refractivity contribution in [1.82, 2.24) is 0 Å². The van der Waals surface area contributed by atoms with E-state index >= 15 is 0 Å². The Bertz CT molecular complexity index is 509. The second kappa shape index (κ2) is 6.91. The van der Waals surface area contributed by atoms with Gasteiger partial charge in [0.1, 0.15) is 7.14 Å². The molecule has 0 amide bonds. The fourth-order valence-corrected chi connectivity index (χ4v) is 9.32. The largest absolute Gasteiger partial charge is 0.318 e. The lowest BCUT2D eigenvalue weighted by atomic mass is 9.99. The molecular formula is C20H31OP. The van der Waals surface area contributed by atoms with Gasteiger partial charge in [0.15, 0.2) is 0 Å². The Balaban J connectivity index is 2.02. The van der Waals surface area contributed by atoms with Gasteiger partial charge in [0.2, 0.25) is 0 Å². The van der Waals surface area contributed by atoms with Crippen molar-refractivity contribution in [3.05, 3.63) is 29.3 Å². The van der Waals surface area contributed by atoms with Crippen molar-refractivity contribution >= 4 is 12.4 Å². The third-order valence-electron chi connectivity index (χ3n) is 5.84. The van der Waals surface area contributed by atoms with Gasteiger partial charge in [-0.05, 0) is 51.7 Å². The van der Waals surface area contributed by atoms with E-state index in [9.17, 15) is 4.57 Å². The van der Waals surface area contributed by atoms with Crippen molar-refractivity contribution in [1.29, 1.82) is 0 Å². The van der Waals surface area contributed by atoms with E-state index in [1.807, 2.05) is 0 Å². The predicted molar refractivity (Wildman–Crippen MR) is 96.9 cm³/mol. The molecule has 0 aliphatic heterocycles. The third-order valence-corrected chi connectivity index (χ3v) is 10.1. The lowest BCUT2D eigenvalue weighted by Crippen LogP contribution is -2.30. The molecule has 2 aliphatic carbocycles. The molecule has 0 aromatic heterocycles. The maximum Gasteiger partial charge on any atom is 0.121 e. The molecule has 0 atom stereocenters. The summed E-state index contributed by atoms with van der Waals surface area (Å²) < 4.78 is 14.4. The molecule has 0 spiro atoms. The normalized spacial score (nSPS) is 21.9. The van der Waals surface area contributed by atoms with Crippen molar-refractivity contribution < 1.29 is 4.57 Å². The Kier molecular flexibility index (Phi) is 5.13. The molecule has 0 heterocycles. The second-order valence-corrected chi connectivity index (χ2v) is 11.0. The first-order valence-corrected chi connectivity index (χ1v) is 11.1. The summed E-state index contributed by atoms with van der Waals surface area (Å²) in [7, 11) is -2.28. The van der Waals surface area contributed by atoms with E-state index in [2.05, 4.69) is 32.0 Å². The summed E-state index contributed by atoms with van der Waals surface area (Å²) in [5, 5.41) is 1.21. The van der Waals surface area contributed by atoms with Crippen molar-refractivity contribution in [2.45, 2.75) is 89.4 Å². The molecule has 1 nitrogen and oxygen atoms in total. The van der Waals surface area contributed by atoms with Crippen LogP contribution in [-0.4, -0.2) is 11.3 Å². The van der Waals surface area contributed by atoms with Gasteiger partial charge in [-0.3, -0.25) is 0 Å². The van der Waals surface area contributed by atoms with Gasteiger partial charge in [0, 0.05) is 16.6 Å². The van der Waals surface area contributed by atoms with Crippen LogP contribution in [0.3, 0.4) is 0 Å². The molecule has 1 aromatic carbocycles. The third kappa shape index (κ3) is 3.21. The van der Waals surface area contributed by atoms with Crippen LogP contribution in [0.1, 0.15) is 75.3 Å². The van der Waals surface area contributed by atoms with Crippen LogP contribution < -0.4 is 5.30 Å². The van der Waals surface area contributed by atoms with E-state index in [-0.39, 0.29) is 0 Å². The van der Waals surface area contributed by atoms with Crippen LogP contribution in [0, 0.1) is 13.8 Å². The zero-order chi connectivity index (χ0) is 15.6. The van der Waals surface area contributed by atoms with Gasteiger partial charge in [-0.15, -0.1) is 0 Å². The Morgan fingerprint density at radius 1 is 0.727 bits per heavy atom. The average Bonchev–Trinajstić information content (AvgIpc) is 2.55. The number of rotatable bonds is 3. The van der Waals surface area contributed by atoms with Crippen LogP contribution in [0.25, 0.3) is 0 Å². The quantitative estimate of drug-likeness (QED) is 0.629. The Morgan fingerprint density at radius 3 is 1.55 bits per heavy atom. The van der Waals surface area contributed by atoms with Crippen molar-refractivity contribution in [3.63, 3.8) is 0 Å². The highest BCUT2D eigenvalue weighted by molar-refractivity contribution is 7.73.